The van der Waals surface area contributed by atoms with Gasteiger partial charge in [-0.15, -0.1) is 0 Å². The van der Waals surface area contributed by atoms with E-state index in [9.17, 15) is 4.79 Å². The Labute approximate surface area is 103 Å². The Morgan fingerprint density at radius 2 is 2.11 bits per heavy atom. The first-order valence-corrected chi connectivity index (χ1v) is 5.24. The minimum Gasteiger partial charge on any atom is -0.476 e. The molecule has 0 aliphatic rings. The molecule has 0 saturated heterocycles. The molecule has 0 aliphatic heterocycles. The average Bonchev–Trinajstić information content (AvgIpc) is 2.34. The first kappa shape index (κ1) is 12.0. The van der Waals surface area contributed by atoms with Crippen LogP contribution < -0.4 is 4.74 Å². The Kier molecular flexibility index (Phi) is 3.18. The monoisotopic (exact) mass is 245 g/mol. The molecule has 6 heteroatoms. The fourth-order valence-electron chi connectivity index (χ4n) is 1.35. The molecule has 2 rings (SSSR count). The van der Waals surface area contributed by atoms with E-state index in [0.717, 1.165) is 0 Å². The molecule has 0 amide bonds. The van der Waals surface area contributed by atoms with E-state index < -0.39 is 5.97 Å². The summed E-state index contributed by atoms with van der Waals surface area (Å²) in [5, 5.41) is 8.99. The average molecular weight is 245 g/mol. The lowest BCUT2D eigenvalue weighted by molar-refractivity contribution is 0.0687. The third-order valence-electron chi connectivity index (χ3n) is 2.21. The van der Waals surface area contributed by atoms with Crippen LogP contribution in [0.15, 0.2) is 24.5 Å². The molecule has 0 atom stereocenters. The first-order valence-electron chi connectivity index (χ1n) is 5.24. The molecule has 0 fully saturated rings. The zero-order chi connectivity index (χ0) is 13.1. The number of hydrogen-bond acceptors (Lipinski definition) is 5. The molecule has 0 spiro atoms. The molecule has 0 aliphatic carbocycles. The van der Waals surface area contributed by atoms with E-state index in [0.29, 0.717) is 11.4 Å². The molecule has 0 aromatic carbocycles. The highest BCUT2D eigenvalue weighted by Gasteiger charge is 2.14. The molecule has 1 N–H and O–H groups in total. The van der Waals surface area contributed by atoms with Crippen LogP contribution in [-0.2, 0) is 0 Å². The second-order valence-corrected chi connectivity index (χ2v) is 3.66. The van der Waals surface area contributed by atoms with Crippen LogP contribution in [0.4, 0.5) is 0 Å². The van der Waals surface area contributed by atoms with Gasteiger partial charge in [-0.3, -0.25) is 4.98 Å². The normalized spacial score (nSPS) is 10.1. The number of ether oxygens (including phenoxy) is 1. The molecular weight excluding hydrogens is 234 g/mol. The quantitative estimate of drug-likeness (QED) is 0.889. The van der Waals surface area contributed by atoms with Crippen molar-refractivity contribution in [1.82, 2.24) is 15.0 Å². The van der Waals surface area contributed by atoms with Gasteiger partial charge in [0.1, 0.15) is 0 Å². The van der Waals surface area contributed by atoms with Gasteiger partial charge in [0.2, 0.25) is 5.88 Å². The number of rotatable bonds is 3. The smallest absolute Gasteiger partial charge is 0.358 e. The molecule has 2 aromatic rings. The summed E-state index contributed by atoms with van der Waals surface area (Å²) >= 11 is 0. The van der Waals surface area contributed by atoms with Crippen LogP contribution in [0.3, 0.4) is 0 Å². The molecular formula is C12H11N3O3. The van der Waals surface area contributed by atoms with Gasteiger partial charge in [0, 0.05) is 12.4 Å². The van der Waals surface area contributed by atoms with Crippen LogP contribution in [0, 0.1) is 13.8 Å². The number of nitrogens with zero attached hydrogens (tertiary/aromatic N) is 3. The summed E-state index contributed by atoms with van der Waals surface area (Å²) in [5.74, 6) is -0.720. The lowest BCUT2D eigenvalue weighted by Crippen LogP contribution is -2.04. The van der Waals surface area contributed by atoms with E-state index in [-0.39, 0.29) is 17.3 Å². The fraction of sp³-hybridized carbons (Fsp3) is 0.167. The summed E-state index contributed by atoms with van der Waals surface area (Å²) in [4.78, 5) is 23.0. The maximum Gasteiger partial charge on any atom is 0.358 e. The van der Waals surface area contributed by atoms with Crippen molar-refractivity contribution >= 4 is 5.97 Å². The van der Waals surface area contributed by atoms with E-state index in [1.165, 1.54) is 12.3 Å². The molecule has 0 bridgehead atoms. The predicted molar refractivity (Wildman–Crippen MR) is 62.8 cm³/mol. The second-order valence-electron chi connectivity index (χ2n) is 3.66. The van der Waals surface area contributed by atoms with Crippen molar-refractivity contribution in [2.45, 2.75) is 13.8 Å². The zero-order valence-corrected chi connectivity index (χ0v) is 9.91. The molecule has 0 unspecified atom stereocenters. The van der Waals surface area contributed by atoms with Crippen LogP contribution in [0.25, 0.3) is 0 Å². The van der Waals surface area contributed by atoms with E-state index in [2.05, 4.69) is 15.0 Å². The Bertz CT molecular complexity index is 599. The number of carboxylic acid groups (broad SMARTS) is 1. The first-order chi connectivity index (χ1) is 8.58. The Morgan fingerprint density at radius 1 is 1.33 bits per heavy atom. The van der Waals surface area contributed by atoms with Gasteiger partial charge in [-0.25, -0.2) is 14.8 Å². The highest BCUT2D eigenvalue weighted by Crippen LogP contribution is 2.24. The highest BCUT2D eigenvalue weighted by atomic mass is 16.5. The molecule has 0 saturated carbocycles. The van der Waals surface area contributed by atoms with Gasteiger partial charge >= 0.3 is 5.97 Å². The minimum absolute atomic E-state index is 0.146. The Hall–Kier alpha value is -2.50. The SMILES string of the molecule is Cc1cnc(C)c(Oc2cccnc2C(=O)O)n1. The van der Waals surface area contributed by atoms with E-state index >= 15 is 0 Å². The number of aryl methyl sites for hydroxylation is 2. The van der Waals surface area contributed by atoms with Gasteiger partial charge in [-0.1, -0.05) is 0 Å². The van der Waals surface area contributed by atoms with E-state index in [1.54, 1.807) is 26.1 Å². The van der Waals surface area contributed by atoms with Crippen LogP contribution in [0.5, 0.6) is 11.6 Å². The maximum absolute atomic E-state index is 11.0. The van der Waals surface area contributed by atoms with Gasteiger partial charge in [-0.05, 0) is 26.0 Å². The minimum atomic E-state index is -1.15. The summed E-state index contributed by atoms with van der Waals surface area (Å²) < 4.78 is 5.47. The molecule has 2 heterocycles. The van der Waals surface area contributed by atoms with Crippen LogP contribution >= 0.6 is 0 Å². The molecule has 18 heavy (non-hydrogen) atoms. The van der Waals surface area contributed by atoms with Crippen molar-refractivity contribution in [2.24, 2.45) is 0 Å². The number of carboxylic acids is 1. The van der Waals surface area contributed by atoms with Gasteiger partial charge in [-0.2, -0.15) is 0 Å². The lowest BCUT2D eigenvalue weighted by atomic mass is 10.3. The number of carbonyl (C=O) groups is 1. The Morgan fingerprint density at radius 3 is 2.83 bits per heavy atom. The van der Waals surface area contributed by atoms with Crippen molar-refractivity contribution in [3.8, 4) is 11.6 Å². The van der Waals surface area contributed by atoms with Crippen LogP contribution in [0.2, 0.25) is 0 Å². The van der Waals surface area contributed by atoms with Gasteiger partial charge in [0.15, 0.2) is 11.4 Å². The molecule has 0 radical (unpaired) electrons. The third kappa shape index (κ3) is 2.42. The van der Waals surface area contributed by atoms with Crippen LogP contribution in [-0.4, -0.2) is 26.0 Å². The molecule has 6 nitrogen and oxygen atoms in total. The second kappa shape index (κ2) is 4.79. The van der Waals surface area contributed by atoms with E-state index in [1.807, 2.05) is 0 Å². The number of aromatic carboxylic acids is 1. The van der Waals surface area contributed by atoms with Crippen molar-refractivity contribution in [2.75, 3.05) is 0 Å². The van der Waals surface area contributed by atoms with Gasteiger partial charge in [0.05, 0.1) is 11.4 Å². The van der Waals surface area contributed by atoms with Gasteiger partial charge in [0.25, 0.3) is 0 Å². The van der Waals surface area contributed by atoms with Crippen molar-refractivity contribution < 1.29 is 14.6 Å². The van der Waals surface area contributed by atoms with Crippen molar-refractivity contribution in [3.05, 3.63) is 41.6 Å². The third-order valence-corrected chi connectivity index (χ3v) is 2.21. The summed E-state index contributed by atoms with van der Waals surface area (Å²) in [5.41, 5.74) is 1.12. The topological polar surface area (TPSA) is 85.2 Å². The summed E-state index contributed by atoms with van der Waals surface area (Å²) in [6.07, 6.45) is 3.01. The Balaban J connectivity index is 2.40. The fourth-order valence-corrected chi connectivity index (χ4v) is 1.35. The van der Waals surface area contributed by atoms with Crippen molar-refractivity contribution in [3.63, 3.8) is 0 Å². The highest BCUT2D eigenvalue weighted by molar-refractivity contribution is 5.88. The number of pyridine rings is 1. The number of aromatic nitrogens is 3. The van der Waals surface area contributed by atoms with E-state index in [4.69, 9.17) is 9.84 Å². The van der Waals surface area contributed by atoms with Crippen molar-refractivity contribution in [1.29, 1.82) is 0 Å². The summed E-state index contributed by atoms with van der Waals surface area (Å²) in [6, 6.07) is 3.13. The zero-order valence-electron chi connectivity index (χ0n) is 9.91. The molecule has 2 aromatic heterocycles. The molecule has 92 valence electrons. The lowest BCUT2D eigenvalue weighted by Gasteiger charge is -2.08. The maximum atomic E-state index is 11.0. The summed E-state index contributed by atoms with van der Waals surface area (Å²) in [6.45, 7) is 3.51. The largest absolute Gasteiger partial charge is 0.476 e. The van der Waals surface area contributed by atoms with Crippen LogP contribution in [0.1, 0.15) is 21.9 Å². The van der Waals surface area contributed by atoms with Gasteiger partial charge < -0.3 is 9.84 Å². The summed E-state index contributed by atoms with van der Waals surface area (Å²) in [7, 11) is 0. The number of hydrogen-bond donors (Lipinski definition) is 1. The standard InChI is InChI=1S/C12H11N3O3/c1-7-6-14-8(2)11(15-7)18-9-4-3-5-13-10(9)12(16)17/h3-6H,1-2H3,(H,16,17). The predicted octanol–water partition coefficient (Wildman–Crippen LogP) is 1.98.